The lowest BCUT2D eigenvalue weighted by Crippen LogP contribution is -2.25. The summed E-state index contributed by atoms with van der Waals surface area (Å²) in [5.74, 6) is -0.637. The van der Waals surface area contributed by atoms with Crippen LogP contribution in [0.15, 0.2) is 18.5 Å². The van der Waals surface area contributed by atoms with Crippen LogP contribution in [0.25, 0.3) is 0 Å². The van der Waals surface area contributed by atoms with Crippen LogP contribution in [0.2, 0.25) is 0 Å². The first-order chi connectivity index (χ1) is 6.68. The molecule has 2 heterocycles. The molecule has 1 aliphatic heterocycles. The lowest BCUT2D eigenvalue weighted by Gasteiger charge is -2.15. The van der Waals surface area contributed by atoms with Crippen molar-refractivity contribution in [3.8, 4) is 0 Å². The molecule has 1 aromatic heterocycles. The molecule has 1 aromatic rings. The van der Waals surface area contributed by atoms with E-state index < -0.39 is 5.82 Å². The van der Waals surface area contributed by atoms with E-state index in [4.69, 9.17) is 11.6 Å². The zero-order chi connectivity index (χ0) is 10.1. The van der Waals surface area contributed by atoms with Gasteiger partial charge in [0.1, 0.15) is 0 Å². The van der Waals surface area contributed by atoms with Gasteiger partial charge in [0.15, 0.2) is 5.82 Å². The van der Waals surface area contributed by atoms with E-state index in [1.807, 2.05) is 0 Å². The lowest BCUT2D eigenvalue weighted by molar-refractivity contribution is -0.117. The number of alkyl halides is 1. The molecule has 0 aliphatic carbocycles. The molecule has 0 bridgehead atoms. The van der Waals surface area contributed by atoms with Gasteiger partial charge in [-0.15, -0.1) is 11.6 Å². The van der Waals surface area contributed by atoms with Gasteiger partial charge in [0, 0.05) is 19.2 Å². The summed E-state index contributed by atoms with van der Waals surface area (Å²) in [6, 6.07) is 1.47. The number of carbonyl (C=O) groups is 1. The standard InChI is InChI=1S/C9H8ClFN2O/c10-6-3-9(14)13(5-6)8-1-2-12-4-7(8)11/h1-2,4,6H,3,5H2. The minimum atomic E-state index is -0.494. The Morgan fingerprint density at radius 1 is 1.64 bits per heavy atom. The average molecular weight is 215 g/mol. The third-order valence-electron chi connectivity index (χ3n) is 2.12. The number of halogens is 2. The van der Waals surface area contributed by atoms with Crippen LogP contribution in [-0.4, -0.2) is 22.8 Å². The highest BCUT2D eigenvalue weighted by atomic mass is 35.5. The molecule has 0 saturated carbocycles. The van der Waals surface area contributed by atoms with Crippen LogP contribution in [0.4, 0.5) is 10.1 Å². The van der Waals surface area contributed by atoms with Crippen molar-refractivity contribution in [2.75, 3.05) is 11.4 Å². The molecule has 74 valence electrons. The Labute approximate surface area is 85.5 Å². The Bertz CT molecular complexity index is 372. The van der Waals surface area contributed by atoms with Gasteiger partial charge in [-0.25, -0.2) is 4.39 Å². The number of carbonyl (C=O) groups excluding carboxylic acids is 1. The van der Waals surface area contributed by atoms with Crippen molar-refractivity contribution in [1.29, 1.82) is 0 Å². The number of rotatable bonds is 1. The highest BCUT2D eigenvalue weighted by Gasteiger charge is 2.30. The van der Waals surface area contributed by atoms with Crippen LogP contribution in [-0.2, 0) is 4.79 Å². The van der Waals surface area contributed by atoms with E-state index in [-0.39, 0.29) is 23.4 Å². The molecule has 1 amide bonds. The topological polar surface area (TPSA) is 33.2 Å². The van der Waals surface area contributed by atoms with Crippen molar-refractivity contribution in [2.24, 2.45) is 0 Å². The van der Waals surface area contributed by atoms with E-state index >= 15 is 0 Å². The van der Waals surface area contributed by atoms with Gasteiger partial charge in [-0.3, -0.25) is 9.78 Å². The number of anilines is 1. The second-order valence-corrected chi connectivity index (χ2v) is 3.75. The molecule has 14 heavy (non-hydrogen) atoms. The first kappa shape index (κ1) is 9.40. The minimum absolute atomic E-state index is 0.143. The van der Waals surface area contributed by atoms with Gasteiger partial charge in [0.2, 0.25) is 5.91 Å². The van der Waals surface area contributed by atoms with E-state index in [0.717, 1.165) is 6.20 Å². The van der Waals surface area contributed by atoms with Crippen molar-refractivity contribution in [3.05, 3.63) is 24.3 Å². The first-order valence-corrected chi connectivity index (χ1v) is 4.66. The van der Waals surface area contributed by atoms with Crippen LogP contribution in [0.5, 0.6) is 0 Å². The zero-order valence-electron chi connectivity index (χ0n) is 7.28. The molecule has 5 heteroatoms. The number of pyridine rings is 1. The van der Waals surface area contributed by atoms with Crippen LogP contribution in [0.1, 0.15) is 6.42 Å². The maximum Gasteiger partial charge on any atom is 0.228 e. The Balaban J connectivity index is 2.32. The van der Waals surface area contributed by atoms with Crippen LogP contribution < -0.4 is 4.90 Å². The maximum atomic E-state index is 13.2. The van der Waals surface area contributed by atoms with Crippen molar-refractivity contribution < 1.29 is 9.18 Å². The molecule has 1 aliphatic rings. The van der Waals surface area contributed by atoms with Gasteiger partial charge < -0.3 is 4.90 Å². The summed E-state index contributed by atoms with van der Waals surface area (Å²) in [5, 5.41) is -0.227. The maximum absolute atomic E-state index is 13.2. The molecule has 1 fully saturated rings. The highest BCUT2D eigenvalue weighted by Crippen LogP contribution is 2.25. The molecular formula is C9H8ClFN2O. The Morgan fingerprint density at radius 2 is 2.43 bits per heavy atom. The summed E-state index contributed by atoms with van der Waals surface area (Å²) in [7, 11) is 0. The molecule has 0 N–H and O–H groups in total. The molecule has 3 nitrogen and oxygen atoms in total. The summed E-state index contributed by atoms with van der Waals surface area (Å²) >= 11 is 5.80. The summed E-state index contributed by atoms with van der Waals surface area (Å²) in [4.78, 5) is 16.4. The molecule has 0 aromatic carbocycles. The monoisotopic (exact) mass is 214 g/mol. The fourth-order valence-electron chi connectivity index (χ4n) is 1.48. The molecular weight excluding hydrogens is 207 g/mol. The minimum Gasteiger partial charge on any atom is -0.308 e. The molecule has 1 unspecified atom stereocenters. The van der Waals surface area contributed by atoms with Gasteiger partial charge in [-0.1, -0.05) is 0 Å². The van der Waals surface area contributed by atoms with Gasteiger partial charge >= 0.3 is 0 Å². The summed E-state index contributed by atoms with van der Waals surface area (Å²) in [5.41, 5.74) is 0.258. The summed E-state index contributed by atoms with van der Waals surface area (Å²) in [6.45, 7) is 0.362. The number of amides is 1. The molecule has 0 radical (unpaired) electrons. The largest absolute Gasteiger partial charge is 0.308 e. The molecule has 0 spiro atoms. The second-order valence-electron chi connectivity index (χ2n) is 3.13. The Morgan fingerprint density at radius 3 is 3.00 bits per heavy atom. The Hall–Kier alpha value is -1.16. The molecule has 1 atom stereocenters. The van der Waals surface area contributed by atoms with Crippen molar-refractivity contribution in [3.63, 3.8) is 0 Å². The van der Waals surface area contributed by atoms with Crippen LogP contribution >= 0.6 is 11.6 Å². The quantitative estimate of drug-likeness (QED) is 0.665. The second kappa shape index (κ2) is 3.53. The molecule has 2 rings (SSSR count). The predicted octanol–water partition coefficient (Wildman–Crippen LogP) is 1.56. The van der Waals surface area contributed by atoms with Gasteiger partial charge in [-0.2, -0.15) is 0 Å². The number of hydrogen-bond donors (Lipinski definition) is 0. The van der Waals surface area contributed by atoms with E-state index in [9.17, 15) is 9.18 Å². The van der Waals surface area contributed by atoms with Crippen molar-refractivity contribution in [1.82, 2.24) is 4.98 Å². The average Bonchev–Trinajstić information content (AvgIpc) is 2.46. The summed E-state index contributed by atoms with van der Waals surface area (Å²) in [6.07, 6.45) is 2.81. The third-order valence-corrected chi connectivity index (χ3v) is 2.41. The van der Waals surface area contributed by atoms with Gasteiger partial charge in [-0.05, 0) is 6.07 Å². The Kier molecular flexibility index (Phi) is 2.37. The zero-order valence-corrected chi connectivity index (χ0v) is 8.04. The van der Waals surface area contributed by atoms with Crippen LogP contribution in [0.3, 0.4) is 0 Å². The highest BCUT2D eigenvalue weighted by molar-refractivity contribution is 6.24. The summed E-state index contributed by atoms with van der Waals surface area (Å²) < 4.78 is 13.2. The van der Waals surface area contributed by atoms with E-state index in [2.05, 4.69) is 4.98 Å². The number of hydrogen-bond acceptors (Lipinski definition) is 2. The number of aromatic nitrogens is 1. The van der Waals surface area contributed by atoms with Crippen molar-refractivity contribution >= 4 is 23.2 Å². The normalized spacial score (nSPS) is 21.7. The molecule has 1 saturated heterocycles. The van der Waals surface area contributed by atoms with Gasteiger partial charge in [0.25, 0.3) is 0 Å². The smallest absolute Gasteiger partial charge is 0.228 e. The van der Waals surface area contributed by atoms with E-state index in [1.54, 1.807) is 0 Å². The van der Waals surface area contributed by atoms with E-state index in [1.165, 1.54) is 17.2 Å². The SMILES string of the molecule is O=C1CC(Cl)CN1c1ccncc1F. The van der Waals surface area contributed by atoms with Crippen LogP contribution in [0, 0.1) is 5.82 Å². The fourth-order valence-corrected chi connectivity index (χ4v) is 1.75. The van der Waals surface area contributed by atoms with E-state index in [0.29, 0.717) is 6.54 Å². The predicted molar refractivity (Wildman–Crippen MR) is 50.8 cm³/mol. The first-order valence-electron chi connectivity index (χ1n) is 4.22. The number of nitrogens with zero attached hydrogens (tertiary/aromatic N) is 2. The fraction of sp³-hybridized carbons (Fsp3) is 0.333. The lowest BCUT2D eigenvalue weighted by atomic mass is 10.3. The van der Waals surface area contributed by atoms with Gasteiger partial charge in [0.05, 0.1) is 17.3 Å². The van der Waals surface area contributed by atoms with Crippen molar-refractivity contribution in [2.45, 2.75) is 11.8 Å². The third kappa shape index (κ3) is 1.57.